The third-order valence-corrected chi connectivity index (χ3v) is 4.18. The molecule has 0 aromatic heterocycles. The average Bonchev–Trinajstić information content (AvgIpc) is 2.39. The van der Waals surface area contributed by atoms with Gasteiger partial charge >= 0.3 is 0 Å². The predicted molar refractivity (Wildman–Crippen MR) is 82.4 cm³/mol. The summed E-state index contributed by atoms with van der Waals surface area (Å²) in [6, 6.07) is 12.2. The van der Waals surface area contributed by atoms with Gasteiger partial charge in [0, 0.05) is 25.2 Å². The molecule has 0 bridgehead atoms. The lowest BCUT2D eigenvalue weighted by molar-refractivity contribution is 0.102. The highest BCUT2D eigenvalue weighted by Crippen LogP contribution is 2.16. The van der Waals surface area contributed by atoms with Crippen molar-refractivity contribution in [2.24, 2.45) is 5.92 Å². The van der Waals surface area contributed by atoms with Crippen molar-refractivity contribution in [3.05, 3.63) is 35.9 Å². The van der Waals surface area contributed by atoms with E-state index < -0.39 is 0 Å². The molecule has 2 rings (SSSR count). The summed E-state index contributed by atoms with van der Waals surface area (Å²) < 4.78 is 0. The third kappa shape index (κ3) is 4.32. The molecule has 1 heterocycles. The van der Waals surface area contributed by atoms with Crippen LogP contribution in [0.25, 0.3) is 0 Å². The minimum Gasteiger partial charge on any atom is -0.311 e. The summed E-state index contributed by atoms with van der Waals surface area (Å²) in [5.74, 6) is 0.733. The summed E-state index contributed by atoms with van der Waals surface area (Å²) in [4.78, 5) is 2.69. The van der Waals surface area contributed by atoms with E-state index in [1.807, 2.05) is 0 Å². The first-order chi connectivity index (χ1) is 9.16. The van der Waals surface area contributed by atoms with Crippen molar-refractivity contribution in [3.8, 4) is 0 Å². The molecule has 1 N–H and O–H groups in total. The molecule has 1 saturated heterocycles. The number of nitrogens with one attached hydrogen (secondary N) is 1. The van der Waals surface area contributed by atoms with Gasteiger partial charge in [-0.3, -0.25) is 4.90 Å². The second-order valence-electron chi connectivity index (χ2n) is 6.20. The first-order valence-corrected chi connectivity index (χ1v) is 7.68. The van der Waals surface area contributed by atoms with Gasteiger partial charge in [-0.15, -0.1) is 0 Å². The van der Waals surface area contributed by atoms with Crippen molar-refractivity contribution < 1.29 is 0 Å². The van der Waals surface area contributed by atoms with Crippen LogP contribution in [0.15, 0.2) is 30.3 Å². The minimum absolute atomic E-state index is 0.631. The number of benzene rings is 1. The number of hydrogen-bond acceptors (Lipinski definition) is 2. The highest BCUT2D eigenvalue weighted by Gasteiger charge is 2.27. The van der Waals surface area contributed by atoms with Gasteiger partial charge in [0.1, 0.15) is 0 Å². The lowest BCUT2D eigenvalue weighted by Gasteiger charge is -2.41. The largest absolute Gasteiger partial charge is 0.311 e. The van der Waals surface area contributed by atoms with Crippen LogP contribution in [0.2, 0.25) is 0 Å². The fraction of sp³-hybridized carbons (Fsp3) is 0.647. The van der Waals surface area contributed by atoms with Crippen LogP contribution in [0.3, 0.4) is 0 Å². The van der Waals surface area contributed by atoms with Crippen LogP contribution >= 0.6 is 0 Å². The number of rotatable bonds is 5. The van der Waals surface area contributed by atoms with E-state index in [4.69, 9.17) is 0 Å². The van der Waals surface area contributed by atoms with Gasteiger partial charge in [-0.05, 0) is 37.8 Å². The Morgan fingerprint density at radius 1 is 1.26 bits per heavy atom. The predicted octanol–water partition coefficient (Wildman–Crippen LogP) is 2.94. The number of hydrogen-bond donors (Lipinski definition) is 1. The normalized spacial score (nSPS) is 24.8. The van der Waals surface area contributed by atoms with Gasteiger partial charge in [0.2, 0.25) is 0 Å². The van der Waals surface area contributed by atoms with Gasteiger partial charge in [-0.2, -0.15) is 0 Å². The quantitative estimate of drug-likeness (QED) is 0.875. The Morgan fingerprint density at radius 2 is 2.00 bits per heavy atom. The van der Waals surface area contributed by atoms with Gasteiger partial charge < -0.3 is 5.32 Å². The number of piperazine rings is 1. The van der Waals surface area contributed by atoms with E-state index >= 15 is 0 Å². The van der Waals surface area contributed by atoms with E-state index in [1.54, 1.807) is 0 Å². The second kappa shape index (κ2) is 7.06. The monoisotopic (exact) mass is 260 g/mol. The van der Waals surface area contributed by atoms with E-state index in [0.29, 0.717) is 12.1 Å². The van der Waals surface area contributed by atoms with Gasteiger partial charge in [0.15, 0.2) is 0 Å². The van der Waals surface area contributed by atoms with E-state index in [9.17, 15) is 0 Å². The maximum Gasteiger partial charge on any atom is 0.0244 e. The standard InChI is InChI=1S/C17H28N2/c1-14(2)17-12-18-15(3)13-19(17)11-7-10-16-8-5-4-6-9-16/h4-6,8-9,14-15,17-18H,7,10-13H2,1-3H3. The van der Waals surface area contributed by atoms with E-state index in [1.165, 1.54) is 31.5 Å². The molecule has 0 radical (unpaired) electrons. The molecule has 0 spiro atoms. The molecular weight excluding hydrogens is 232 g/mol. The maximum atomic E-state index is 3.61. The fourth-order valence-corrected chi connectivity index (χ4v) is 3.05. The van der Waals surface area contributed by atoms with Gasteiger partial charge in [-0.1, -0.05) is 44.2 Å². The van der Waals surface area contributed by atoms with Crippen molar-refractivity contribution in [1.29, 1.82) is 0 Å². The zero-order valence-electron chi connectivity index (χ0n) is 12.6. The van der Waals surface area contributed by atoms with E-state index in [2.05, 4.69) is 61.3 Å². The molecule has 19 heavy (non-hydrogen) atoms. The topological polar surface area (TPSA) is 15.3 Å². The zero-order valence-corrected chi connectivity index (χ0v) is 12.6. The number of aryl methyl sites for hydroxylation is 1. The van der Waals surface area contributed by atoms with E-state index in [-0.39, 0.29) is 0 Å². The summed E-state index contributed by atoms with van der Waals surface area (Å²) in [5.41, 5.74) is 1.46. The molecule has 2 heteroatoms. The molecule has 0 saturated carbocycles. The van der Waals surface area contributed by atoms with E-state index in [0.717, 1.165) is 12.5 Å². The van der Waals surface area contributed by atoms with Crippen LogP contribution < -0.4 is 5.32 Å². The zero-order chi connectivity index (χ0) is 13.7. The molecule has 0 aliphatic carbocycles. The second-order valence-corrected chi connectivity index (χ2v) is 6.20. The molecule has 2 nitrogen and oxygen atoms in total. The molecule has 106 valence electrons. The smallest absolute Gasteiger partial charge is 0.0244 e. The van der Waals surface area contributed by atoms with Crippen molar-refractivity contribution >= 4 is 0 Å². The molecule has 1 aromatic carbocycles. The Kier molecular flexibility index (Phi) is 5.41. The Labute approximate surface area is 118 Å². The average molecular weight is 260 g/mol. The minimum atomic E-state index is 0.631. The van der Waals surface area contributed by atoms with Crippen LogP contribution in [-0.4, -0.2) is 36.6 Å². The summed E-state index contributed by atoms with van der Waals surface area (Å²) in [6.07, 6.45) is 2.46. The van der Waals surface area contributed by atoms with Crippen molar-refractivity contribution in [2.45, 2.75) is 45.7 Å². The SMILES string of the molecule is CC1CN(CCCc2ccccc2)C(C(C)C)CN1. The molecule has 1 fully saturated rings. The van der Waals surface area contributed by atoms with Gasteiger partial charge in [0.05, 0.1) is 0 Å². The molecule has 1 aromatic rings. The highest BCUT2D eigenvalue weighted by atomic mass is 15.2. The lowest BCUT2D eigenvalue weighted by Crippen LogP contribution is -2.57. The van der Waals surface area contributed by atoms with Crippen LogP contribution in [0, 0.1) is 5.92 Å². The molecule has 1 aliphatic rings. The molecular formula is C17H28N2. The van der Waals surface area contributed by atoms with Crippen LogP contribution in [0.5, 0.6) is 0 Å². The maximum absolute atomic E-state index is 3.61. The van der Waals surface area contributed by atoms with Crippen LogP contribution in [-0.2, 0) is 6.42 Å². The van der Waals surface area contributed by atoms with Crippen molar-refractivity contribution in [3.63, 3.8) is 0 Å². The van der Waals surface area contributed by atoms with Gasteiger partial charge in [0.25, 0.3) is 0 Å². The fourth-order valence-electron chi connectivity index (χ4n) is 3.05. The highest BCUT2D eigenvalue weighted by molar-refractivity contribution is 5.14. The molecule has 1 aliphatic heterocycles. The summed E-state index contributed by atoms with van der Waals surface area (Å²) in [7, 11) is 0. The third-order valence-electron chi connectivity index (χ3n) is 4.18. The Balaban J connectivity index is 1.82. The first kappa shape index (κ1) is 14.5. The molecule has 2 unspecified atom stereocenters. The lowest BCUT2D eigenvalue weighted by atomic mass is 9.98. The Bertz CT molecular complexity index is 361. The van der Waals surface area contributed by atoms with Crippen molar-refractivity contribution in [2.75, 3.05) is 19.6 Å². The van der Waals surface area contributed by atoms with Gasteiger partial charge in [-0.25, -0.2) is 0 Å². The molecule has 2 atom stereocenters. The summed E-state index contributed by atoms with van der Waals surface area (Å²) in [5, 5.41) is 3.61. The Morgan fingerprint density at radius 3 is 2.68 bits per heavy atom. The van der Waals surface area contributed by atoms with Crippen molar-refractivity contribution in [1.82, 2.24) is 10.2 Å². The molecule has 0 amide bonds. The Hall–Kier alpha value is -0.860. The number of nitrogens with zero attached hydrogens (tertiary/aromatic N) is 1. The summed E-state index contributed by atoms with van der Waals surface area (Å²) >= 11 is 0. The van der Waals surface area contributed by atoms with Crippen LogP contribution in [0.4, 0.5) is 0 Å². The van der Waals surface area contributed by atoms with Crippen LogP contribution in [0.1, 0.15) is 32.8 Å². The summed E-state index contributed by atoms with van der Waals surface area (Å²) in [6.45, 7) is 10.5. The first-order valence-electron chi connectivity index (χ1n) is 7.68.